The van der Waals surface area contributed by atoms with Crippen molar-refractivity contribution in [3.63, 3.8) is 0 Å². The molecule has 0 spiro atoms. The Balaban J connectivity index is 1.92. The zero-order valence-corrected chi connectivity index (χ0v) is 16.7. The van der Waals surface area contributed by atoms with E-state index in [1.165, 1.54) is 16.9 Å². The zero-order valence-electron chi connectivity index (χ0n) is 15.1. The van der Waals surface area contributed by atoms with Crippen LogP contribution in [0, 0.1) is 0 Å². The fourth-order valence-electron chi connectivity index (χ4n) is 3.81. The first-order valence-corrected chi connectivity index (χ1v) is 10.9. The Hall–Kier alpha value is -2.32. The highest BCUT2D eigenvalue weighted by Crippen LogP contribution is 2.36. The molecule has 3 heterocycles. The van der Waals surface area contributed by atoms with Crippen LogP contribution in [0.4, 0.5) is 0 Å². The van der Waals surface area contributed by atoms with E-state index in [1.54, 1.807) is 34.8 Å². The third kappa shape index (κ3) is 2.43. The second kappa shape index (κ2) is 6.38. The van der Waals surface area contributed by atoms with Gasteiger partial charge in [0.25, 0.3) is 5.56 Å². The summed E-state index contributed by atoms with van der Waals surface area (Å²) in [5.74, 6) is 1.31. The van der Waals surface area contributed by atoms with Gasteiger partial charge in [0.15, 0.2) is 5.16 Å². The molecule has 0 amide bonds. The summed E-state index contributed by atoms with van der Waals surface area (Å²) in [6.45, 7) is 0. The van der Waals surface area contributed by atoms with E-state index in [-0.39, 0.29) is 5.56 Å². The highest BCUT2D eigenvalue weighted by Gasteiger charge is 2.25. The number of thioether (sulfide) groups is 1. The number of thiophene rings is 1. The molecule has 1 aromatic carbocycles. The Morgan fingerprint density at radius 1 is 1.15 bits per heavy atom. The molecule has 0 atom stereocenters. The van der Waals surface area contributed by atoms with E-state index in [0.717, 1.165) is 46.1 Å². The molecule has 8 heteroatoms. The third-order valence-electron chi connectivity index (χ3n) is 5.10. The molecule has 138 valence electrons. The topological polar surface area (TPSA) is 61.4 Å². The summed E-state index contributed by atoms with van der Waals surface area (Å²) in [6.07, 6.45) is 6.33. The number of rotatable bonds is 3. The summed E-state index contributed by atoms with van der Waals surface area (Å²) in [6, 6.07) is 7.49. The summed E-state index contributed by atoms with van der Waals surface area (Å²) >= 11 is 3.27. The molecule has 0 saturated heterocycles. The van der Waals surface area contributed by atoms with Crippen molar-refractivity contribution in [1.29, 1.82) is 0 Å². The maximum Gasteiger partial charge on any atom is 0.268 e. The molecule has 0 saturated carbocycles. The molecule has 0 radical (unpaired) electrons. The average molecular weight is 399 g/mol. The molecule has 3 aromatic heterocycles. The van der Waals surface area contributed by atoms with Gasteiger partial charge in [0.2, 0.25) is 5.78 Å². The summed E-state index contributed by atoms with van der Waals surface area (Å²) < 4.78 is 8.97. The van der Waals surface area contributed by atoms with Crippen molar-refractivity contribution < 1.29 is 4.74 Å². The Bertz CT molecular complexity index is 1220. The Labute approximate surface area is 163 Å². The molecule has 27 heavy (non-hydrogen) atoms. The van der Waals surface area contributed by atoms with E-state index in [4.69, 9.17) is 4.74 Å². The van der Waals surface area contributed by atoms with Crippen molar-refractivity contribution in [3.8, 4) is 11.4 Å². The first kappa shape index (κ1) is 16.8. The van der Waals surface area contributed by atoms with Crippen LogP contribution in [-0.4, -0.2) is 32.5 Å². The number of benzene rings is 1. The molecule has 0 unspecified atom stereocenters. The summed E-state index contributed by atoms with van der Waals surface area (Å²) in [5, 5.41) is 10.3. The molecule has 6 nitrogen and oxygen atoms in total. The van der Waals surface area contributed by atoms with Gasteiger partial charge in [0.05, 0.1) is 18.2 Å². The Kier molecular flexibility index (Phi) is 3.98. The molecule has 1 aliphatic rings. The molecule has 5 rings (SSSR count). The van der Waals surface area contributed by atoms with E-state index < -0.39 is 0 Å². The number of aryl methyl sites for hydroxylation is 2. The largest absolute Gasteiger partial charge is 0.497 e. The van der Waals surface area contributed by atoms with Gasteiger partial charge in [-0.15, -0.1) is 21.5 Å². The van der Waals surface area contributed by atoms with E-state index in [2.05, 4.69) is 10.2 Å². The van der Waals surface area contributed by atoms with Gasteiger partial charge in [-0.05, 0) is 61.8 Å². The number of hydrogen-bond acceptors (Lipinski definition) is 6. The van der Waals surface area contributed by atoms with Crippen molar-refractivity contribution in [3.05, 3.63) is 45.1 Å². The van der Waals surface area contributed by atoms with Gasteiger partial charge >= 0.3 is 0 Å². The number of ether oxygens (including phenoxy) is 1. The second-order valence-electron chi connectivity index (χ2n) is 6.55. The fraction of sp³-hybridized carbons (Fsp3) is 0.316. The zero-order chi connectivity index (χ0) is 18.5. The van der Waals surface area contributed by atoms with Gasteiger partial charge in [0.1, 0.15) is 10.6 Å². The van der Waals surface area contributed by atoms with Gasteiger partial charge < -0.3 is 4.74 Å². The van der Waals surface area contributed by atoms with Crippen LogP contribution in [0.1, 0.15) is 23.3 Å². The first-order chi connectivity index (χ1) is 13.2. The average Bonchev–Trinajstić information content (AvgIpc) is 3.30. The maximum atomic E-state index is 13.6. The molecule has 0 fully saturated rings. The Morgan fingerprint density at radius 2 is 1.93 bits per heavy atom. The number of nitrogens with zero attached hydrogens (tertiary/aromatic N) is 4. The van der Waals surface area contributed by atoms with Crippen molar-refractivity contribution in [2.24, 2.45) is 0 Å². The van der Waals surface area contributed by atoms with Gasteiger partial charge in [0, 0.05) is 4.88 Å². The molecule has 4 aromatic rings. The smallest absolute Gasteiger partial charge is 0.268 e. The summed E-state index contributed by atoms with van der Waals surface area (Å²) in [5.41, 5.74) is 1.97. The lowest BCUT2D eigenvalue weighted by Crippen LogP contribution is -2.22. The SMILES string of the molecule is COc1ccc(-n2c(=O)c3c4c(sc3n3c(SC)nnc23)CCCC4)cc1. The van der Waals surface area contributed by atoms with Crippen LogP contribution in [0.25, 0.3) is 21.7 Å². The van der Waals surface area contributed by atoms with Crippen LogP contribution in [0.2, 0.25) is 0 Å². The second-order valence-corrected chi connectivity index (χ2v) is 8.41. The molecular weight excluding hydrogens is 380 g/mol. The van der Waals surface area contributed by atoms with E-state index in [1.807, 2.05) is 34.9 Å². The molecule has 0 aliphatic heterocycles. The van der Waals surface area contributed by atoms with Crippen LogP contribution >= 0.6 is 23.1 Å². The Morgan fingerprint density at radius 3 is 2.67 bits per heavy atom. The third-order valence-corrected chi connectivity index (χ3v) is 7.01. The van der Waals surface area contributed by atoms with Crippen LogP contribution in [-0.2, 0) is 12.8 Å². The van der Waals surface area contributed by atoms with E-state index in [0.29, 0.717) is 5.78 Å². The minimum Gasteiger partial charge on any atom is -0.497 e. The summed E-state index contributed by atoms with van der Waals surface area (Å²) in [7, 11) is 1.63. The predicted molar refractivity (Wildman–Crippen MR) is 109 cm³/mol. The van der Waals surface area contributed by atoms with Crippen molar-refractivity contribution in [2.75, 3.05) is 13.4 Å². The van der Waals surface area contributed by atoms with Crippen LogP contribution in [0.5, 0.6) is 5.75 Å². The van der Waals surface area contributed by atoms with E-state index >= 15 is 0 Å². The predicted octanol–water partition coefficient (Wildman–Crippen LogP) is 3.70. The lowest BCUT2D eigenvalue weighted by Gasteiger charge is -2.12. The molecule has 1 aliphatic carbocycles. The lowest BCUT2D eigenvalue weighted by atomic mass is 9.97. The highest BCUT2D eigenvalue weighted by atomic mass is 32.2. The first-order valence-electron chi connectivity index (χ1n) is 8.85. The van der Waals surface area contributed by atoms with Gasteiger partial charge in [-0.1, -0.05) is 11.8 Å². The lowest BCUT2D eigenvalue weighted by molar-refractivity contribution is 0.414. The van der Waals surface area contributed by atoms with Gasteiger partial charge in [-0.25, -0.2) is 8.97 Å². The number of aromatic nitrogens is 4. The van der Waals surface area contributed by atoms with Crippen molar-refractivity contribution in [1.82, 2.24) is 19.2 Å². The fourth-order valence-corrected chi connectivity index (χ4v) is 5.73. The normalized spacial score (nSPS) is 14.0. The highest BCUT2D eigenvalue weighted by molar-refractivity contribution is 7.98. The monoisotopic (exact) mass is 398 g/mol. The number of hydrogen-bond donors (Lipinski definition) is 0. The van der Waals surface area contributed by atoms with E-state index in [9.17, 15) is 4.79 Å². The molecular formula is C19H18N4O2S2. The maximum absolute atomic E-state index is 13.6. The number of methoxy groups -OCH3 is 1. The van der Waals surface area contributed by atoms with Crippen molar-refractivity contribution >= 4 is 39.1 Å². The minimum atomic E-state index is -0.0119. The number of fused-ring (bicyclic) bond motifs is 5. The van der Waals surface area contributed by atoms with Crippen LogP contribution in [0.3, 0.4) is 0 Å². The minimum absolute atomic E-state index is 0.0119. The van der Waals surface area contributed by atoms with Gasteiger partial charge in [-0.2, -0.15) is 0 Å². The van der Waals surface area contributed by atoms with Crippen LogP contribution in [0.15, 0.2) is 34.2 Å². The van der Waals surface area contributed by atoms with Crippen LogP contribution < -0.4 is 10.3 Å². The van der Waals surface area contributed by atoms with Crippen molar-refractivity contribution in [2.45, 2.75) is 30.8 Å². The standard InChI is InChI=1S/C19H18N4O2S2/c1-25-12-9-7-11(8-10-12)22-16(24)15-13-5-3-4-6-14(13)27-17(15)23-18(22)20-21-19(23)26-2/h7-10H,3-6H2,1-2H3. The summed E-state index contributed by atoms with van der Waals surface area (Å²) in [4.78, 5) is 15.9. The quantitative estimate of drug-likeness (QED) is 0.493. The van der Waals surface area contributed by atoms with Gasteiger partial charge in [-0.3, -0.25) is 4.79 Å². The molecule has 0 bridgehead atoms. The molecule has 0 N–H and O–H groups in total.